The molecule has 2 aliphatic rings. The lowest BCUT2D eigenvalue weighted by Gasteiger charge is -2.28. The van der Waals surface area contributed by atoms with E-state index >= 15 is 0 Å². The van der Waals surface area contributed by atoms with Crippen molar-refractivity contribution >= 4 is 9.84 Å². The molecule has 0 aliphatic heterocycles. The summed E-state index contributed by atoms with van der Waals surface area (Å²) < 4.78 is 23.4. The van der Waals surface area contributed by atoms with E-state index in [4.69, 9.17) is 0 Å². The molecular weight excluding hydrogens is 246 g/mol. The van der Waals surface area contributed by atoms with Crippen molar-refractivity contribution in [3.05, 3.63) is 0 Å². The SMILES string of the molecule is CC(NCCS(=O)(=O)C(C)C)C1CC2CCC1C2. The van der Waals surface area contributed by atoms with Gasteiger partial charge in [-0.1, -0.05) is 6.42 Å². The van der Waals surface area contributed by atoms with E-state index in [0.29, 0.717) is 12.6 Å². The fourth-order valence-corrected chi connectivity index (χ4v) is 4.60. The number of sulfone groups is 1. The summed E-state index contributed by atoms with van der Waals surface area (Å²) in [6.45, 7) is 6.35. The Kier molecular flexibility index (Phi) is 4.37. The van der Waals surface area contributed by atoms with Gasteiger partial charge in [0.15, 0.2) is 9.84 Å². The van der Waals surface area contributed by atoms with Gasteiger partial charge < -0.3 is 5.32 Å². The van der Waals surface area contributed by atoms with Crippen molar-refractivity contribution in [2.45, 2.75) is 57.7 Å². The zero-order valence-electron chi connectivity index (χ0n) is 11.9. The predicted octanol–water partition coefficient (Wildman–Crippen LogP) is 2.22. The second-order valence-corrected chi connectivity index (χ2v) is 9.17. The van der Waals surface area contributed by atoms with Crippen LogP contribution in [0.3, 0.4) is 0 Å². The fourth-order valence-electron chi connectivity index (χ4n) is 3.72. The molecule has 0 aromatic rings. The van der Waals surface area contributed by atoms with Crippen LogP contribution in [0.4, 0.5) is 0 Å². The number of hydrogen-bond donors (Lipinski definition) is 1. The van der Waals surface area contributed by atoms with E-state index in [0.717, 1.165) is 17.8 Å². The Morgan fingerprint density at radius 2 is 1.89 bits per heavy atom. The summed E-state index contributed by atoms with van der Waals surface area (Å²) in [5, 5.41) is 3.19. The molecule has 4 atom stereocenters. The van der Waals surface area contributed by atoms with E-state index < -0.39 is 9.84 Å². The standard InChI is InChI=1S/C14H27NO2S/c1-10(2)18(16,17)7-6-15-11(3)14-9-12-4-5-13(14)8-12/h10-15H,4-9H2,1-3H3. The lowest BCUT2D eigenvalue weighted by atomic mass is 9.84. The third-order valence-electron chi connectivity index (χ3n) is 5.01. The Morgan fingerprint density at radius 3 is 2.39 bits per heavy atom. The first-order chi connectivity index (χ1) is 8.40. The summed E-state index contributed by atoms with van der Waals surface area (Å²) in [6.07, 6.45) is 5.60. The Bertz CT molecular complexity index is 377. The van der Waals surface area contributed by atoms with E-state index in [-0.39, 0.29) is 11.0 Å². The molecule has 106 valence electrons. The Balaban J connectivity index is 1.74. The summed E-state index contributed by atoms with van der Waals surface area (Å²) in [4.78, 5) is 0. The van der Waals surface area contributed by atoms with Gasteiger partial charge in [-0.15, -0.1) is 0 Å². The van der Waals surface area contributed by atoms with E-state index in [1.807, 2.05) is 0 Å². The topological polar surface area (TPSA) is 46.2 Å². The Morgan fingerprint density at radius 1 is 1.17 bits per heavy atom. The normalized spacial score (nSPS) is 33.2. The van der Waals surface area contributed by atoms with E-state index in [1.165, 1.54) is 25.7 Å². The van der Waals surface area contributed by atoms with Crippen molar-refractivity contribution in [3.8, 4) is 0 Å². The molecule has 18 heavy (non-hydrogen) atoms. The fraction of sp³-hybridized carbons (Fsp3) is 1.00. The molecule has 0 radical (unpaired) electrons. The molecule has 2 aliphatic carbocycles. The van der Waals surface area contributed by atoms with Crippen molar-refractivity contribution in [1.29, 1.82) is 0 Å². The van der Waals surface area contributed by atoms with E-state index in [1.54, 1.807) is 13.8 Å². The molecule has 0 spiro atoms. The van der Waals surface area contributed by atoms with Crippen molar-refractivity contribution in [2.24, 2.45) is 17.8 Å². The molecule has 2 saturated carbocycles. The summed E-state index contributed by atoms with van der Waals surface area (Å²) in [5.74, 6) is 2.92. The van der Waals surface area contributed by atoms with Crippen molar-refractivity contribution < 1.29 is 8.42 Å². The highest BCUT2D eigenvalue weighted by Crippen LogP contribution is 2.49. The molecule has 4 unspecified atom stereocenters. The van der Waals surface area contributed by atoms with Crippen molar-refractivity contribution in [3.63, 3.8) is 0 Å². The average molecular weight is 273 g/mol. The van der Waals surface area contributed by atoms with Crippen LogP contribution in [-0.2, 0) is 9.84 Å². The van der Waals surface area contributed by atoms with Crippen LogP contribution in [-0.4, -0.2) is 32.0 Å². The highest BCUT2D eigenvalue weighted by atomic mass is 32.2. The molecule has 2 bridgehead atoms. The van der Waals surface area contributed by atoms with E-state index in [2.05, 4.69) is 12.2 Å². The zero-order chi connectivity index (χ0) is 13.3. The Labute approximate surface area is 112 Å². The smallest absolute Gasteiger partial charge is 0.153 e. The summed E-state index contributed by atoms with van der Waals surface area (Å²) in [7, 11) is -2.89. The van der Waals surface area contributed by atoms with Gasteiger partial charge in [-0.25, -0.2) is 8.42 Å². The highest BCUT2D eigenvalue weighted by molar-refractivity contribution is 7.92. The predicted molar refractivity (Wildman–Crippen MR) is 75.3 cm³/mol. The number of nitrogens with one attached hydrogen (secondary N) is 1. The molecule has 0 aromatic heterocycles. The number of rotatable bonds is 6. The van der Waals surface area contributed by atoms with Crippen LogP contribution < -0.4 is 5.32 Å². The summed E-state index contributed by atoms with van der Waals surface area (Å²) in [5.41, 5.74) is 0. The van der Waals surface area contributed by atoms with Gasteiger partial charge in [-0.2, -0.15) is 0 Å². The minimum atomic E-state index is -2.89. The maximum atomic E-state index is 11.7. The van der Waals surface area contributed by atoms with Crippen molar-refractivity contribution in [2.75, 3.05) is 12.3 Å². The van der Waals surface area contributed by atoms with Crippen LogP contribution in [0.5, 0.6) is 0 Å². The minimum Gasteiger partial charge on any atom is -0.313 e. The summed E-state index contributed by atoms with van der Waals surface area (Å²) >= 11 is 0. The van der Waals surface area contributed by atoms with Crippen LogP contribution in [0.15, 0.2) is 0 Å². The molecule has 1 N–H and O–H groups in total. The van der Waals surface area contributed by atoms with Gasteiger partial charge in [-0.05, 0) is 57.8 Å². The van der Waals surface area contributed by atoms with E-state index in [9.17, 15) is 8.42 Å². The third kappa shape index (κ3) is 3.08. The number of fused-ring (bicyclic) bond motifs is 2. The van der Waals surface area contributed by atoms with Crippen LogP contribution in [0.25, 0.3) is 0 Å². The van der Waals surface area contributed by atoms with Gasteiger partial charge in [0.1, 0.15) is 0 Å². The summed E-state index contributed by atoms with van der Waals surface area (Å²) in [6, 6.07) is 0.475. The lowest BCUT2D eigenvalue weighted by Crippen LogP contribution is -2.39. The van der Waals surface area contributed by atoms with Crippen LogP contribution in [0.1, 0.15) is 46.5 Å². The molecule has 0 aromatic carbocycles. The van der Waals surface area contributed by atoms with Gasteiger partial charge in [0.05, 0.1) is 11.0 Å². The lowest BCUT2D eigenvalue weighted by molar-refractivity contribution is 0.263. The second kappa shape index (κ2) is 5.49. The first kappa shape index (κ1) is 14.3. The third-order valence-corrected chi connectivity index (χ3v) is 7.22. The highest BCUT2D eigenvalue weighted by Gasteiger charge is 2.41. The Hall–Kier alpha value is -0.0900. The largest absolute Gasteiger partial charge is 0.313 e. The molecule has 0 heterocycles. The molecule has 0 amide bonds. The first-order valence-corrected chi connectivity index (χ1v) is 9.06. The molecule has 2 rings (SSSR count). The van der Waals surface area contributed by atoms with Crippen LogP contribution >= 0.6 is 0 Å². The first-order valence-electron chi connectivity index (χ1n) is 7.35. The maximum Gasteiger partial charge on any atom is 0.153 e. The number of hydrogen-bond acceptors (Lipinski definition) is 3. The second-order valence-electron chi connectivity index (χ2n) is 6.50. The molecule has 2 fully saturated rings. The molecular formula is C14H27NO2S. The van der Waals surface area contributed by atoms with Crippen LogP contribution in [0, 0.1) is 17.8 Å². The van der Waals surface area contributed by atoms with Gasteiger partial charge >= 0.3 is 0 Å². The van der Waals surface area contributed by atoms with Crippen molar-refractivity contribution in [1.82, 2.24) is 5.32 Å². The average Bonchev–Trinajstić information content (AvgIpc) is 2.89. The van der Waals surface area contributed by atoms with Gasteiger partial charge in [-0.3, -0.25) is 0 Å². The zero-order valence-corrected chi connectivity index (χ0v) is 12.7. The molecule has 0 saturated heterocycles. The monoisotopic (exact) mass is 273 g/mol. The van der Waals surface area contributed by atoms with Gasteiger partial charge in [0, 0.05) is 12.6 Å². The quantitative estimate of drug-likeness (QED) is 0.807. The molecule has 3 nitrogen and oxygen atoms in total. The van der Waals surface area contributed by atoms with Gasteiger partial charge in [0.2, 0.25) is 0 Å². The van der Waals surface area contributed by atoms with Gasteiger partial charge in [0.25, 0.3) is 0 Å². The maximum absolute atomic E-state index is 11.7. The van der Waals surface area contributed by atoms with Crippen LogP contribution in [0.2, 0.25) is 0 Å². The molecule has 4 heteroatoms. The minimum absolute atomic E-state index is 0.253.